The summed E-state index contributed by atoms with van der Waals surface area (Å²) in [6, 6.07) is 7.79. The zero-order chi connectivity index (χ0) is 13.0. The summed E-state index contributed by atoms with van der Waals surface area (Å²) >= 11 is 4.97. The van der Waals surface area contributed by atoms with Crippen LogP contribution in [0.25, 0.3) is 0 Å². The fourth-order valence-electron chi connectivity index (χ4n) is 1.74. The van der Waals surface area contributed by atoms with Gasteiger partial charge in [-0.2, -0.15) is 0 Å². The smallest absolute Gasteiger partial charge is 0.150 e. The third-order valence-corrected chi connectivity index (χ3v) is 3.87. The van der Waals surface area contributed by atoms with Crippen LogP contribution in [0, 0.1) is 0 Å². The zero-order valence-corrected chi connectivity index (χ0v) is 12.5. The van der Waals surface area contributed by atoms with E-state index in [1.54, 1.807) is 11.3 Å². The topological polar surface area (TPSA) is 48.1 Å². The summed E-state index contributed by atoms with van der Waals surface area (Å²) in [4.78, 5) is 4.35. The van der Waals surface area contributed by atoms with Gasteiger partial charge in [0.15, 0.2) is 0 Å². The number of ether oxygens (including phenoxy) is 1. The van der Waals surface area contributed by atoms with Crippen LogP contribution >= 0.6 is 27.3 Å². The minimum Gasteiger partial charge on any atom is -0.481 e. The van der Waals surface area contributed by atoms with Gasteiger partial charge in [-0.05, 0) is 37.7 Å². The number of nitrogens with two attached hydrogens (primary N) is 1. The first-order chi connectivity index (χ1) is 8.64. The second kappa shape index (κ2) is 5.82. The lowest BCUT2D eigenvalue weighted by Crippen LogP contribution is -2.32. The van der Waals surface area contributed by atoms with Crippen LogP contribution in [-0.2, 0) is 5.60 Å². The Morgan fingerprint density at radius 3 is 2.67 bits per heavy atom. The lowest BCUT2D eigenvalue weighted by Gasteiger charge is -2.28. The maximum absolute atomic E-state index is 6.09. The first kappa shape index (κ1) is 13.5. The van der Waals surface area contributed by atoms with E-state index < -0.39 is 5.60 Å². The van der Waals surface area contributed by atoms with Gasteiger partial charge >= 0.3 is 0 Å². The highest BCUT2D eigenvalue weighted by atomic mass is 79.9. The molecule has 96 valence electrons. The minimum absolute atomic E-state index is 0.470. The zero-order valence-electron chi connectivity index (χ0n) is 10.1. The number of benzene rings is 1. The summed E-state index contributed by atoms with van der Waals surface area (Å²) < 4.78 is 7.12. The van der Waals surface area contributed by atoms with E-state index in [0.717, 1.165) is 22.3 Å². The van der Waals surface area contributed by atoms with Gasteiger partial charge in [0.25, 0.3) is 0 Å². The van der Waals surface area contributed by atoms with E-state index in [2.05, 4.69) is 20.9 Å². The Kier molecular flexibility index (Phi) is 4.37. The molecule has 0 amide bonds. The molecule has 0 radical (unpaired) electrons. The molecule has 18 heavy (non-hydrogen) atoms. The molecule has 2 rings (SSSR count). The van der Waals surface area contributed by atoms with Gasteiger partial charge in [0.05, 0.1) is 11.2 Å². The molecule has 0 fully saturated rings. The Labute approximate surface area is 119 Å². The maximum Gasteiger partial charge on any atom is 0.150 e. The van der Waals surface area contributed by atoms with Gasteiger partial charge < -0.3 is 10.5 Å². The number of hydrogen-bond acceptors (Lipinski definition) is 4. The SMILES string of the molecule is CC(CCN)(Oc1ccc(Br)cc1)c1cscn1. The summed E-state index contributed by atoms with van der Waals surface area (Å²) in [5.41, 5.74) is 7.96. The summed E-state index contributed by atoms with van der Waals surface area (Å²) in [5, 5.41) is 2.01. The molecule has 0 aliphatic rings. The van der Waals surface area contributed by atoms with Crippen molar-refractivity contribution in [3.63, 3.8) is 0 Å². The Morgan fingerprint density at radius 1 is 1.39 bits per heavy atom. The number of rotatable bonds is 5. The number of halogens is 1. The average molecular weight is 327 g/mol. The van der Waals surface area contributed by atoms with E-state index in [4.69, 9.17) is 10.5 Å². The van der Waals surface area contributed by atoms with E-state index in [-0.39, 0.29) is 0 Å². The molecular formula is C13H15BrN2OS. The van der Waals surface area contributed by atoms with E-state index in [1.165, 1.54) is 0 Å². The summed E-state index contributed by atoms with van der Waals surface area (Å²) in [5.74, 6) is 0.821. The van der Waals surface area contributed by atoms with Crippen molar-refractivity contribution in [3.05, 3.63) is 45.3 Å². The molecule has 0 saturated heterocycles. The highest BCUT2D eigenvalue weighted by Gasteiger charge is 2.30. The molecule has 1 unspecified atom stereocenters. The van der Waals surface area contributed by atoms with Gasteiger partial charge in [-0.3, -0.25) is 0 Å². The van der Waals surface area contributed by atoms with Crippen LogP contribution in [0.1, 0.15) is 19.0 Å². The molecule has 1 atom stereocenters. The van der Waals surface area contributed by atoms with Crippen molar-refractivity contribution in [1.82, 2.24) is 4.98 Å². The predicted molar refractivity (Wildman–Crippen MR) is 77.9 cm³/mol. The average Bonchev–Trinajstić information content (AvgIpc) is 2.87. The fourth-order valence-corrected chi connectivity index (χ4v) is 2.68. The van der Waals surface area contributed by atoms with Gasteiger partial charge in [0.2, 0.25) is 0 Å². The molecule has 0 aliphatic heterocycles. The van der Waals surface area contributed by atoms with Crippen LogP contribution in [0.15, 0.2) is 39.6 Å². The van der Waals surface area contributed by atoms with Crippen molar-refractivity contribution in [3.8, 4) is 5.75 Å². The van der Waals surface area contributed by atoms with Crippen LogP contribution < -0.4 is 10.5 Å². The largest absolute Gasteiger partial charge is 0.481 e. The second-order valence-electron chi connectivity index (χ2n) is 4.20. The molecular weight excluding hydrogens is 312 g/mol. The van der Waals surface area contributed by atoms with Crippen LogP contribution in [0.2, 0.25) is 0 Å². The number of thiazole rings is 1. The first-order valence-corrected chi connectivity index (χ1v) is 7.41. The van der Waals surface area contributed by atoms with Crippen molar-refractivity contribution in [2.45, 2.75) is 18.9 Å². The molecule has 0 bridgehead atoms. The number of nitrogens with zero attached hydrogens (tertiary/aromatic N) is 1. The normalized spacial score (nSPS) is 14.2. The van der Waals surface area contributed by atoms with Crippen LogP contribution in [0.3, 0.4) is 0 Å². The molecule has 0 saturated carbocycles. The predicted octanol–water partition coefficient (Wildman–Crippen LogP) is 3.55. The Morgan fingerprint density at radius 2 is 2.11 bits per heavy atom. The number of hydrogen-bond donors (Lipinski definition) is 1. The molecule has 3 nitrogen and oxygen atoms in total. The molecule has 1 aromatic carbocycles. The van der Waals surface area contributed by atoms with Crippen molar-refractivity contribution in [2.75, 3.05) is 6.54 Å². The van der Waals surface area contributed by atoms with Crippen LogP contribution in [0.5, 0.6) is 5.75 Å². The monoisotopic (exact) mass is 326 g/mol. The van der Waals surface area contributed by atoms with Gasteiger partial charge in [0.1, 0.15) is 11.4 Å². The van der Waals surface area contributed by atoms with Gasteiger partial charge in [-0.25, -0.2) is 4.98 Å². The highest BCUT2D eigenvalue weighted by Crippen LogP contribution is 2.31. The molecule has 1 heterocycles. The minimum atomic E-state index is -0.470. The summed E-state index contributed by atoms with van der Waals surface area (Å²) in [7, 11) is 0. The molecule has 2 aromatic rings. The van der Waals surface area contributed by atoms with E-state index in [9.17, 15) is 0 Å². The van der Waals surface area contributed by atoms with Crippen molar-refractivity contribution < 1.29 is 4.74 Å². The quantitative estimate of drug-likeness (QED) is 0.914. The van der Waals surface area contributed by atoms with Crippen molar-refractivity contribution in [1.29, 1.82) is 0 Å². The van der Waals surface area contributed by atoms with E-state index in [1.807, 2.05) is 42.1 Å². The molecule has 0 spiro atoms. The van der Waals surface area contributed by atoms with Gasteiger partial charge in [-0.15, -0.1) is 11.3 Å². The number of aromatic nitrogens is 1. The lowest BCUT2D eigenvalue weighted by molar-refractivity contribution is 0.0757. The lowest BCUT2D eigenvalue weighted by atomic mass is 9.98. The van der Waals surface area contributed by atoms with Crippen LogP contribution in [-0.4, -0.2) is 11.5 Å². The standard InChI is InChI=1S/C13H15BrN2OS/c1-13(6-7-15,12-8-18-9-16-12)17-11-4-2-10(14)3-5-11/h2-5,8-9H,6-7,15H2,1H3. The maximum atomic E-state index is 6.09. The van der Waals surface area contributed by atoms with Crippen molar-refractivity contribution >= 4 is 27.3 Å². The Balaban J connectivity index is 2.23. The van der Waals surface area contributed by atoms with E-state index in [0.29, 0.717) is 6.54 Å². The fraction of sp³-hybridized carbons (Fsp3) is 0.308. The first-order valence-electron chi connectivity index (χ1n) is 5.67. The summed E-state index contributed by atoms with van der Waals surface area (Å²) in [6.45, 7) is 2.58. The van der Waals surface area contributed by atoms with Gasteiger partial charge in [-0.1, -0.05) is 15.9 Å². The Hall–Kier alpha value is -0.910. The highest BCUT2D eigenvalue weighted by molar-refractivity contribution is 9.10. The Bertz CT molecular complexity index is 486. The third kappa shape index (κ3) is 3.10. The molecule has 2 N–H and O–H groups in total. The third-order valence-electron chi connectivity index (χ3n) is 2.75. The van der Waals surface area contributed by atoms with Crippen molar-refractivity contribution in [2.24, 2.45) is 5.73 Å². The summed E-state index contributed by atoms with van der Waals surface area (Å²) in [6.07, 6.45) is 0.729. The molecule has 5 heteroatoms. The molecule has 0 aliphatic carbocycles. The van der Waals surface area contributed by atoms with E-state index >= 15 is 0 Å². The van der Waals surface area contributed by atoms with Crippen LogP contribution in [0.4, 0.5) is 0 Å². The molecule has 1 aromatic heterocycles. The second-order valence-corrected chi connectivity index (χ2v) is 5.83. The van der Waals surface area contributed by atoms with Gasteiger partial charge in [0, 0.05) is 16.3 Å².